The molecule has 90 valence electrons. The van der Waals surface area contributed by atoms with Gasteiger partial charge in [-0.3, -0.25) is 4.79 Å². The number of carbonyl (C=O) groups is 4. The summed E-state index contributed by atoms with van der Waals surface area (Å²) in [5, 5.41) is 22.7. The Balaban J connectivity index is -0.000000160. The van der Waals surface area contributed by atoms with Gasteiger partial charge in [0.2, 0.25) is 0 Å². The first-order valence-corrected chi connectivity index (χ1v) is 3.42. The van der Waals surface area contributed by atoms with Gasteiger partial charge in [0.25, 0.3) is 0 Å². The van der Waals surface area contributed by atoms with E-state index in [4.69, 9.17) is 15.3 Å². The Labute approximate surface area is 90.3 Å². The monoisotopic (exact) mass is 233 g/mol. The second-order valence-electron chi connectivity index (χ2n) is 1.75. The molecule has 0 heterocycles. The van der Waals surface area contributed by atoms with E-state index < -0.39 is 23.8 Å². The lowest BCUT2D eigenvalue weighted by atomic mass is 10.7. The fraction of sp³-hybridized carbons (Fsp3) is 0. The Bertz CT molecular complexity index is 265. The minimum Gasteiger partial charge on any atom is -0.478 e. The van der Waals surface area contributed by atoms with Crippen LogP contribution in [0.5, 0.6) is 0 Å². The van der Waals surface area contributed by atoms with Crippen LogP contribution in [0.15, 0.2) is 25.3 Å². The van der Waals surface area contributed by atoms with Crippen molar-refractivity contribution in [3.8, 4) is 0 Å². The molecule has 16 heavy (non-hydrogen) atoms. The molecule has 0 radical (unpaired) electrons. The van der Waals surface area contributed by atoms with Crippen LogP contribution in [0.3, 0.4) is 0 Å². The predicted octanol–water partition coefficient (Wildman–Crippen LogP) is -0.930. The molecule has 0 spiro atoms. The van der Waals surface area contributed by atoms with Crippen molar-refractivity contribution in [1.82, 2.24) is 0 Å². The second kappa shape index (κ2) is 12.4. The third-order valence-corrected chi connectivity index (χ3v) is 0.560. The van der Waals surface area contributed by atoms with Gasteiger partial charge in [-0.05, 0) is 0 Å². The molecule has 0 fully saturated rings. The zero-order chi connectivity index (χ0) is 13.7. The van der Waals surface area contributed by atoms with Crippen LogP contribution >= 0.6 is 0 Å². The lowest BCUT2D eigenvalue weighted by Crippen LogP contribution is -2.21. The summed E-state index contributed by atoms with van der Waals surface area (Å²) in [6, 6.07) is 0. The van der Waals surface area contributed by atoms with Crippen LogP contribution in [0.25, 0.3) is 0 Å². The average molecular weight is 233 g/mol. The first-order valence-electron chi connectivity index (χ1n) is 3.42. The van der Waals surface area contributed by atoms with Gasteiger partial charge < -0.3 is 21.1 Å². The number of carbonyl (C=O) groups excluding carboxylic acids is 1. The molecule has 5 N–H and O–H groups in total. The topological polar surface area (TPSA) is 155 Å². The van der Waals surface area contributed by atoms with E-state index in [9.17, 15) is 19.2 Å². The zero-order valence-electron chi connectivity index (χ0n) is 8.12. The maximum Gasteiger partial charge on any atom is 0.394 e. The molecule has 1 amide bonds. The van der Waals surface area contributed by atoms with Gasteiger partial charge in [0.15, 0.2) is 0 Å². The molecule has 0 atom stereocenters. The highest BCUT2D eigenvalue weighted by atomic mass is 16.4. The second-order valence-corrected chi connectivity index (χ2v) is 1.75. The highest BCUT2D eigenvalue weighted by Crippen LogP contribution is 1.55. The quantitative estimate of drug-likeness (QED) is 0.354. The number of amides is 1. The molecule has 0 aromatic rings. The summed E-state index contributed by atoms with van der Waals surface area (Å²) in [5.41, 5.74) is 4.20. The lowest BCUT2D eigenvalue weighted by molar-refractivity contribution is -0.148. The lowest BCUT2D eigenvalue weighted by Gasteiger charge is -1.74. The van der Waals surface area contributed by atoms with E-state index >= 15 is 0 Å². The van der Waals surface area contributed by atoms with E-state index in [2.05, 4.69) is 18.9 Å². The molecule has 0 saturated carbocycles. The first kappa shape index (κ1) is 19.0. The average Bonchev–Trinajstić information content (AvgIpc) is 2.19. The summed E-state index contributed by atoms with van der Waals surface area (Å²) in [6.45, 7) is 5.92. The molecule has 0 aromatic carbocycles. The molecular formula is C8H11NO7. The molecule has 0 aliphatic heterocycles. The predicted molar refractivity (Wildman–Crippen MR) is 52.5 cm³/mol. The Morgan fingerprint density at radius 1 is 0.875 bits per heavy atom. The third-order valence-electron chi connectivity index (χ3n) is 0.560. The molecule has 8 heteroatoms. The van der Waals surface area contributed by atoms with Crippen LogP contribution in [0.4, 0.5) is 0 Å². The molecule has 0 unspecified atom stereocenters. The van der Waals surface area contributed by atoms with Gasteiger partial charge in [-0.2, -0.15) is 0 Å². The highest BCUT2D eigenvalue weighted by molar-refractivity contribution is 6.30. The number of hydrogen-bond acceptors (Lipinski definition) is 4. The number of carboxylic acid groups (broad SMARTS) is 3. The van der Waals surface area contributed by atoms with E-state index in [1.807, 2.05) is 0 Å². The number of carboxylic acids is 3. The van der Waals surface area contributed by atoms with Crippen LogP contribution in [0.1, 0.15) is 0 Å². The van der Waals surface area contributed by atoms with Gasteiger partial charge in [0, 0.05) is 12.2 Å². The van der Waals surface area contributed by atoms with Crippen molar-refractivity contribution in [2.45, 2.75) is 0 Å². The molecule has 8 nitrogen and oxygen atoms in total. The third kappa shape index (κ3) is 42.4. The van der Waals surface area contributed by atoms with E-state index in [0.717, 1.165) is 12.2 Å². The molecule has 0 bridgehead atoms. The SMILES string of the molecule is C=CC(=O)O.C=CC(=O)O.NC(=O)C(=O)O. The van der Waals surface area contributed by atoms with Crippen molar-refractivity contribution in [2.75, 3.05) is 0 Å². The van der Waals surface area contributed by atoms with E-state index in [1.54, 1.807) is 0 Å². The van der Waals surface area contributed by atoms with Crippen molar-refractivity contribution < 1.29 is 34.5 Å². The van der Waals surface area contributed by atoms with Gasteiger partial charge in [-0.1, -0.05) is 13.2 Å². The van der Waals surface area contributed by atoms with Crippen LogP contribution in [0, 0.1) is 0 Å². The Morgan fingerprint density at radius 3 is 1.00 bits per heavy atom. The van der Waals surface area contributed by atoms with Gasteiger partial charge in [-0.25, -0.2) is 14.4 Å². The van der Waals surface area contributed by atoms with Crippen LogP contribution < -0.4 is 5.73 Å². The summed E-state index contributed by atoms with van der Waals surface area (Å²) in [7, 11) is 0. The maximum atomic E-state index is 9.32. The normalized spacial score (nSPS) is 6.75. The zero-order valence-corrected chi connectivity index (χ0v) is 8.12. The number of rotatable bonds is 2. The number of primary amides is 1. The van der Waals surface area contributed by atoms with Crippen molar-refractivity contribution in [2.24, 2.45) is 5.73 Å². The smallest absolute Gasteiger partial charge is 0.394 e. The van der Waals surface area contributed by atoms with Gasteiger partial charge in [-0.15, -0.1) is 0 Å². The van der Waals surface area contributed by atoms with Crippen molar-refractivity contribution in [3.63, 3.8) is 0 Å². The molecule has 0 aliphatic carbocycles. The Hall–Kier alpha value is -2.64. The van der Waals surface area contributed by atoms with Gasteiger partial charge in [0.1, 0.15) is 0 Å². The largest absolute Gasteiger partial charge is 0.478 e. The highest BCUT2D eigenvalue weighted by Gasteiger charge is 2.00. The number of hydrogen-bond donors (Lipinski definition) is 4. The van der Waals surface area contributed by atoms with Gasteiger partial charge in [0.05, 0.1) is 0 Å². The van der Waals surface area contributed by atoms with Crippen LogP contribution in [0.2, 0.25) is 0 Å². The number of aliphatic carboxylic acids is 3. The molecule has 0 aliphatic rings. The van der Waals surface area contributed by atoms with E-state index in [1.165, 1.54) is 0 Å². The van der Waals surface area contributed by atoms with Crippen LogP contribution in [-0.4, -0.2) is 39.1 Å². The molecule has 0 aromatic heterocycles. The fourth-order valence-electron chi connectivity index (χ4n) is 0. The van der Waals surface area contributed by atoms with Crippen molar-refractivity contribution in [3.05, 3.63) is 25.3 Å². The van der Waals surface area contributed by atoms with E-state index in [0.29, 0.717) is 0 Å². The van der Waals surface area contributed by atoms with Crippen LogP contribution in [-0.2, 0) is 19.2 Å². The summed E-state index contributed by atoms with van der Waals surface area (Å²) >= 11 is 0. The summed E-state index contributed by atoms with van der Waals surface area (Å²) in [5.74, 6) is -4.89. The summed E-state index contributed by atoms with van der Waals surface area (Å²) < 4.78 is 0. The van der Waals surface area contributed by atoms with E-state index in [-0.39, 0.29) is 0 Å². The minimum atomic E-state index is -1.60. The minimum absolute atomic E-state index is 0.833. The molecule has 0 saturated heterocycles. The fourth-order valence-corrected chi connectivity index (χ4v) is 0. The van der Waals surface area contributed by atoms with Crippen molar-refractivity contribution in [1.29, 1.82) is 0 Å². The number of nitrogens with two attached hydrogens (primary N) is 1. The summed E-state index contributed by atoms with van der Waals surface area (Å²) in [6.07, 6.45) is 1.67. The Kier molecular flexibility index (Phi) is 14.7. The molecular weight excluding hydrogens is 222 g/mol. The summed E-state index contributed by atoms with van der Waals surface area (Å²) in [4.78, 5) is 37.0. The standard InChI is InChI=1S/2C3H4O2.C2H3NO3/c2*1-2-3(4)5;3-1(4)2(5)6/h2*2H,1H2,(H,4,5);(H2,3,4)(H,5,6). The molecule has 0 rings (SSSR count). The first-order chi connectivity index (χ1) is 7.18. The van der Waals surface area contributed by atoms with Gasteiger partial charge >= 0.3 is 23.8 Å². The maximum absolute atomic E-state index is 9.32. The van der Waals surface area contributed by atoms with Crippen molar-refractivity contribution >= 4 is 23.8 Å². The Morgan fingerprint density at radius 2 is 1.00 bits per heavy atom.